The van der Waals surface area contributed by atoms with E-state index in [4.69, 9.17) is 5.11 Å². The van der Waals surface area contributed by atoms with Gasteiger partial charge in [0.2, 0.25) is 5.91 Å². The summed E-state index contributed by atoms with van der Waals surface area (Å²) >= 11 is 0. The first kappa shape index (κ1) is 19.4. The molecule has 0 saturated carbocycles. The van der Waals surface area contributed by atoms with Gasteiger partial charge in [-0.1, -0.05) is 36.4 Å². The number of carbonyl (C=O) groups is 3. The van der Waals surface area contributed by atoms with Gasteiger partial charge in [0.05, 0.1) is 5.92 Å². The normalized spacial score (nSPS) is 18.8. The molecule has 2 aliphatic heterocycles. The zero-order valence-electron chi connectivity index (χ0n) is 16.4. The molecule has 0 unspecified atom stereocenters. The van der Waals surface area contributed by atoms with Crippen molar-refractivity contribution in [2.45, 2.75) is 25.7 Å². The molecular weight excluding hydrogens is 368 g/mol. The Balaban J connectivity index is 1.36. The van der Waals surface area contributed by atoms with Crippen LogP contribution in [0.4, 0.5) is 0 Å². The van der Waals surface area contributed by atoms with Gasteiger partial charge in [-0.3, -0.25) is 14.4 Å². The van der Waals surface area contributed by atoms with Gasteiger partial charge in [0.15, 0.2) is 0 Å². The minimum atomic E-state index is -0.766. The number of rotatable bonds is 3. The molecule has 152 valence electrons. The van der Waals surface area contributed by atoms with Crippen LogP contribution in [0, 0.1) is 11.8 Å². The van der Waals surface area contributed by atoms with E-state index in [2.05, 4.69) is 0 Å². The van der Waals surface area contributed by atoms with E-state index in [1.54, 1.807) is 0 Å². The van der Waals surface area contributed by atoms with E-state index in [0.29, 0.717) is 57.4 Å². The molecule has 2 fully saturated rings. The Kier molecular flexibility index (Phi) is 5.51. The highest BCUT2D eigenvalue weighted by molar-refractivity contribution is 6.07. The van der Waals surface area contributed by atoms with Crippen molar-refractivity contribution in [1.82, 2.24) is 9.80 Å². The number of benzene rings is 2. The first-order valence-electron chi connectivity index (χ1n) is 10.3. The molecular formula is C23H26N2O4. The largest absolute Gasteiger partial charge is 0.481 e. The third-order valence-corrected chi connectivity index (χ3v) is 6.31. The quantitative estimate of drug-likeness (QED) is 0.868. The number of carbonyl (C=O) groups excluding carboxylic acids is 2. The van der Waals surface area contributed by atoms with Crippen LogP contribution in [0.2, 0.25) is 0 Å². The summed E-state index contributed by atoms with van der Waals surface area (Å²) in [6.07, 6.45) is 2.38. The molecule has 2 saturated heterocycles. The fraction of sp³-hybridized carbons (Fsp3) is 0.435. The fourth-order valence-electron chi connectivity index (χ4n) is 4.52. The minimum absolute atomic E-state index is 0.0231. The van der Waals surface area contributed by atoms with E-state index in [-0.39, 0.29) is 23.7 Å². The second-order valence-corrected chi connectivity index (χ2v) is 8.03. The van der Waals surface area contributed by atoms with E-state index in [1.807, 2.05) is 52.3 Å². The second-order valence-electron chi connectivity index (χ2n) is 8.03. The smallest absolute Gasteiger partial charge is 0.306 e. The van der Waals surface area contributed by atoms with Crippen LogP contribution in [0.1, 0.15) is 36.0 Å². The van der Waals surface area contributed by atoms with E-state index in [1.165, 1.54) is 0 Å². The van der Waals surface area contributed by atoms with E-state index in [0.717, 1.165) is 10.8 Å². The Morgan fingerprint density at radius 3 is 2.03 bits per heavy atom. The van der Waals surface area contributed by atoms with Gasteiger partial charge in [-0.05, 0) is 42.5 Å². The van der Waals surface area contributed by atoms with Crippen LogP contribution < -0.4 is 0 Å². The molecule has 0 aliphatic carbocycles. The summed E-state index contributed by atoms with van der Waals surface area (Å²) in [7, 11) is 0. The lowest BCUT2D eigenvalue weighted by Gasteiger charge is -2.36. The summed E-state index contributed by atoms with van der Waals surface area (Å²) in [4.78, 5) is 40.6. The summed E-state index contributed by atoms with van der Waals surface area (Å²) in [5, 5.41) is 11.1. The number of carboxylic acid groups (broad SMARTS) is 1. The van der Waals surface area contributed by atoms with Gasteiger partial charge >= 0.3 is 5.97 Å². The third-order valence-electron chi connectivity index (χ3n) is 6.31. The van der Waals surface area contributed by atoms with Gasteiger partial charge in [0, 0.05) is 37.7 Å². The van der Waals surface area contributed by atoms with Crippen molar-refractivity contribution in [2.24, 2.45) is 11.8 Å². The van der Waals surface area contributed by atoms with Gasteiger partial charge < -0.3 is 14.9 Å². The molecule has 2 aromatic rings. The van der Waals surface area contributed by atoms with Crippen molar-refractivity contribution in [2.75, 3.05) is 26.2 Å². The molecule has 0 bridgehead atoms. The first-order valence-corrected chi connectivity index (χ1v) is 10.3. The summed E-state index contributed by atoms with van der Waals surface area (Å²) < 4.78 is 0. The van der Waals surface area contributed by atoms with Crippen molar-refractivity contribution >= 4 is 28.6 Å². The summed E-state index contributed by atoms with van der Waals surface area (Å²) in [5.41, 5.74) is 0.712. The Hall–Kier alpha value is -2.89. The van der Waals surface area contributed by atoms with Crippen LogP contribution in [0.25, 0.3) is 10.8 Å². The molecule has 0 atom stereocenters. The zero-order valence-corrected chi connectivity index (χ0v) is 16.4. The van der Waals surface area contributed by atoms with Gasteiger partial charge in [0.25, 0.3) is 5.91 Å². The number of piperidine rings is 2. The maximum atomic E-state index is 13.1. The first-order chi connectivity index (χ1) is 14.0. The Morgan fingerprint density at radius 1 is 0.759 bits per heavy atom. The zero-order chi connectivity index (χ0) is 20.4. The van der Waals surface area contributed by atoms with Crippen LogP contribution in [0.5, 0.6) is 0 Å². The number of carboxylic acids is 1. The van der Waals surface area contributed by atoms with Crippen LogP contribution >= 0.6 is 0 Å². The van der Waals surface area contributed by atoms with Gasteiger partial charge in [-0.25, -0.2) is 0 Å². The van der Waals surface area contributed by atoms with Gasteiger partial charge in [-0.2, -0.15) is 0 Å². The number of hydrogen-bond acceptors (Lipinski definition) is 3. The third kappa shape index (κ3) is 3.97. The standard InChI is InChI=1S/C23H26N2O4/c26-21(24-14-10-18(11-15-24)23(28)29)17-8-12-25(13-9-17)22(27)20-7-3-5-16-4-1-2-6-19(16)20/h1-7,17-18H,8-15H2,(H,28,29). The van der Waals surface area contributed by atoms with E-state index >= 15 is 0 Å². The molecule has 6 heteroatoms. The molecule has 2 amide bonds. The Morgan fingerprint density at radius 2 is 1.34 bits per heavy atom. The molecule has 4 rings (SSSR count). The number of hydrogen-bond donors (Lipinski definition) is 1. The number of amides is 2. The predicted molar refractivity (Wildman–Crippen MR) is 110 cm³/mol. The average Bonchev–Trinajstić information content (AvgIpc) is 2.78. The Labute approximate surface area is 170 Å². The average molecular weight is 394 g/mol. The molecule has 2 aromatic carbocycles. The number of fused-ring (bicyclic) bond motifs is 1. The van der Waals surface area contributed by atoms with Crippen molar-refractivity contribution in [3.8, 4) is 0 Å². The Bertz CT molecular complexity index is 920. The van der Waals surface area contributed by atoms with Crippen LogP contribution in [-0.2, 0) is 9.59 Å². The van der Waals surface area contributed by atoms with E-state index in [9.17, 15) is 14.4 Å². The van der Waals surface area contributed by atoms with Gasteiger partial charge in [-0.15, -0.1) is 0 Å². The van der Waals surface area contributed by atoms with Crippen LogP contribution in [-0.4, -0.2) is 58.9 Å². The maximum absolute atomic E-state index is 13.1. The summed E-state index contributed by atoms with van der Waals surface area (Å²) in [6.45, 7) is 2.18. The monoisotopic (exact) mass is 394 g/mol. The lowest BCUT2D eigenvalue weighted by atomic mass is 9.91. The molecule has 0 radical (unpaired) electrons. The summed E-state index contributed by atoms with van der Waals surface area (Å²) in [5.74, 6) is -1.04. The molecule has 0 aromatic heterocycles. The topological polar surface area (TPSA) is 77.9 Å². The van der Waals surface area contributed by atoms with Crippen molar-refractivity contribution < 1.29 is 19.5 Å². The van der Waals surface area contributed by atoms with Crippen molar-refractivity contribution in [1.29, 1.82) is 0 Å². The van der Waals surface area contributed by atoms with Crippen LogP contribution in [0.15, 0.2) is 42.5 Å². The van der Waals surface area contributed by atoms with Gasteiger partial charge in [0.1, 0.15) is 0 Å². The van der Waals surface area contributed by atoms with E-state index < -0.39 is 5.97 Å². The predicted octanol–water partition coefficient (Wildman–Crippen LogP) is 3.02. The number of likely N-dealkylation sites (tertiary alicyclic amines) is 2. The second kappa shape index (κ2) is 8.23. The minimum Gasteiger partial charge on any atom is -0.481 e. The van der Waals surface area contributed by atoms with Crippen LogP contribution in [0.3, 0.4) is 0 Å². The lowest BCUT2D eigenvalue weighted by molar-refractivity contribution is -0.147. The molecule has 0 spiro atoms. The highest BCUT2D eigenvalue weighted by Gasteiger charge is 2.33. The molecule has 29 heavy (non-hydrogen) atoms. The number of nitrogens with zero attached hydrogens (tertiary/aromatic N) is 2. The molecule has 1 N–H and O–H groups in total. The molecule has 6 nitrogen and oxygen atoms in total. The van der Waals surface area contributed by atoms with Crippen molar-refractivity contribution in [3.63, 3.8) is 0 Å². The lowest BCUT2D eigenvalue weighted by Crippen LogP contribution is -2.47. The number of aliphatic carboxylic acids is 1. The highest BCUT2D eigenvalue weighted by Crippen LogP contribution is 2.26. The summed E-state index contributed by atoms with van der Waals surface area (Å²) in [6, 6.07) is 13.7. The SMILES string of the molecule is O=C(O)C1CCN(C(=O)C2CCN(C(=O)c3cccc4ccccc34)CC2)CC1. The fourth-order valence-corrected chi connectivity index (χ4v) is 4.52. The molecule has 2 aliphatic rings. The van der Waals surface area contributed by atoms with Crippen molar-refractivity contribution in [3.05, 3.63) is 48.0 Å². The molecule has 2 heterocycles. The highest BCUT2D eigenvalue weighted by atomic mass is 16.4. The maximum Gasteiger partial charge on any atom is 0.306 e.